The number of aryl methyl sites for hydroxylation is 2. The van der Waals surface area contributed by atoms with Gasteiger partial charge in [-0.25, -0.2) is 33.1 Å². The molecule has 0 aliphatic heterocycles. The zero-order valence-corrected chi connectivity index (χ0v) is 73.3. The van der Waals surface area contributed by atoms with Crippen molar-refractivity contribution in [2.75, 3.05) is 20.4 Å². The van der Waals surface area contributed by atoms with E-state index in [2.05, 4.69) is 67.6 Å². The number of rotatable bonds is 16. The van der Waals surface area contributed by atoms with E-state index in [1.807, 2.05) is 20.8 Å². The van der Waals surface area contributed by atoms with Gasteiger partial charge in [0, 0.05) is 91.4 Å². The second-order valence-corrected chi connectivity index (χ2v) is 45.0. The van der Waals surface area contributed by atoms with E-state index in [1.165, 1.54) is 89.9 Å². The van der Waals surface area contributed by atoms with Crippen molar-refractivity contribution in [1.29, 1.82) is 0 Å². The third-order valence-electron chi connectivity index (χ3n) is 39.4. The fourth-order valence-electron chi connectivity index (χ4n) is 33.8. The minimum absolute atomic E-state index is 0.0729. The molecule has 20 rings (SSSR count). The fraction of sp³-hybridized carbons (Fsp3) is 0.838. The maximum absolute atomic E-state index is 13.4. The quantitative estimate of drug-likeness (QED) is 0.0519. The first-order chi connectivity index (χ1) is 56.9. The highest BCUT2D eigenvalue weighted by Gasteiger charge is 2.65. The number of halogens is 3. The van der Waals surface area contributed by atoms with Crippen molar-refractivity contribution in [3.05, 3.63) is 71.9 Å². The van der Waals surface area contributed by atoms with Gasteiger partial charge in [-0.2, -0.15) is 0 Å². The van der Waals surface area contributed by atoms with Crippen LogP contribution in [0.1, 0.15) is 300 Å². The summed E-state index contributed by atoms with van der Waals surface area (Å²) in [6, 6.07) is 0. The number of methoxy groups -OCH3 is 1. The molecule has 17 nitrogen and oxygen atoms in total. The standard InChI is InChI=1S/C26H40N2O2.C25H38N2O3.C24H34F2N2O2.C24H35FN2O2/c1-15-16(2)28-24(27-15)13-23(29)22-8-7-21-20-6-5-17-14-25(3,30)11-9-18(17)19(20)10-12-26(21,22)4;1-24-9-7-19-18-8-10-25(29,14-30-2)12-16(18)3-4-20(19)21(24)5-6-22(24)23(28)11-17-13-26-15-27-17;1-23-8-6-17-16-7-9-24(30,22(25)26)11-14(16)2-3-18(17)19(23)4-5-20(23)21(29)10-15-12-27-13-28-15;1-23-8-6-18-17-7-9-24(29,13-25)11-15(17)2-3-19(18)20(23)4-5-21(23)22(28)10-16-12-26-14-27-16/h17-22,30H,5-14H2,1-4H3,(H,27,28);13,15-16,18-22,29H,3-12,14H2,1-2H3,(H,26,27);12-14,16-20,22,30H,2-11H2,1H3,(H,27,28);12,14-15,17-21,29H,2-11,13H2,1H3,(H,26,27)/t17-,18+,19-,20-,21+,22-,25-,26+;16-,18-,19+,20+,21-,22+,24-,25+;14-,16-,17+,18+,19-,20+,23-,24+;15-,17-,18+,19+,20-,21+,23-,24+/m1000/s1. The van der Waals surface area contributed by atoms with Gasteiger partial charge in [0.15, 0.2) is 0 Å². The minimum atomic E-state index is -2.64. The maximum atomic E-state index is 13.4. The van der Waals surface area contributed by atoms with Crippen LogP contribution < -0.4 is 0 Å². The van der Waals surface area contributed by atoms with Crippen molar-refractivity contribution in [3.8, 4) is 0 Å². The highest BCUT2D eigenvalue weighted by Crippen LogP contribution is 2.70. The summed E-state index contributed by atoms with van der Waals surface area (Å²) in [5.41, 5.74) is 1.56. The fourth-order valence-corrected chi connectivity index (χ4v) is 33.8. The lowest BCUT2D eigenvalue weighted by atomic mass is 9.49. The predicted molar refractivity (Wildman–Crippen MR) is 450 cm³/mol. The Kier molecular flexibility index (Phi) is 24.5. The molecule has 16 saturated carbocycles. The first-order valence-corrected chi connectivity index (χ1v) is 48.1. The van der Waals surface area contributed by atoms with Crippen LogP contribution in [0, 0.1) is 178 Å². The first-order valence-electron chi connectivity index (χ1n) is 48.1. The number of imidazole rings is 4. The van der Waals surface area contributed by atoms with E-state index in [4.69, 9.17) is 4.74 Å². The monoisotopic (exact) mass is 1650 g/mol. The molecule has 16 aliphatic rings. The van der Waals surface area contributed by atoms with Crippen molar-refractivity contribution in [1.82, 2.24) is 39.9 Å². The minimum Gasteiger partial charge on any atom is -0.390 e. The Morgan fingerprint density at radius 3 is 1.09 bits per heavy atom. The van der Waals surface area contributed by atoms with Crippen molar-refractivity contribution in [3.63, 3.8) is 0 Å². The highest BCUT2D eigenvalue weighted by atomic mass is 19.3. The Bertz CT molecular complexity index is 4150. The molecule has 0 unspecified atom stereocenters. The number of carbonyl (C=O) groups excluding carboxylic acids is 4. The molecule has 0 spiro atoms. The van der Waals surface area contributed by atoms with Gasteiger partial charge in [-0.05, 0) is 392 Å². The Hall–Kier alpha value is -4.89. The summed E-state index contributed by atoms with van der Waals surface area (Å²) in [6.45, 7) is 15.6. The van der Waals surface area contributed by atoms with Crippen molar-refractivity contribution in [2.24, 2.45) is 164 Å². The summed E-state index contributed by atoms with van der Waals surface area (Å²) in [5.74, 6) is 16.5. The average Bonchev–Trinajstić information content (AvgIpc) is 1.65. The van der Waals surface area contributed by atoms with E-state index in [-0.39, 0.29) is 64.1 Å². The van der Waals surface area contributed by atoms with E-state index in [0.717, 1.165) is 203 Å². The van der Waals surface area contributed by atoms with Crippen LogP contribution in [-0.2, 0) is 49.6 Å². The molecular formula is C99H147F3N8O9. The van der Waals surface area contributed by atoms with Crippen molar-refractivity contribution in [2.45, 2.75) is 334 Å². The Morgan fingerprint density at radius 2 is 0.748 bits per heavy atom. The summed E-state index contributed by atoms with van der Waals surface area (Å²) >= 11 is 0. The number of Topliss-reactive ketones (excluding diaryl/α,β-unsaturated/α-hetero) is 4. The van der Waals surface area contributed by atoms with Crippen LogP contribution >= 0.6 is 0 Å². The zero-order valence-electron chi connectivity index (χ0n) is 73.3. The van der Waals surface area contributed by atoms with Gasteiger partial charge >= 0.3 is 0 Å². The topological polar surface area (TPSA) is 273 Å². The van der Waals surface area contributed by atoms with E-state index < -0.39 is 35.5 Å². The number of ketones is 4. The molecule has 4 aromatic rings. The molecule has 20 heteroatoms. The molecule has 4 aromatic heterocycles. The number of alkyl halides is 3. The van der Waals surface area contributed by atoms with Gasteiger partial charge < -0.3 is 45.1 Å². The van der Waals surface area contributed by atoms with E-state index in [0.29, 0.717) is 127 Å². The Balaban J connectivity index is 0.000000113. The summed E-state index contributed by atoms with van der Waals surface area (Å²) < 4.78 is 45.5. The molecule has 0 saturated heterocycles. The molecule has 658 valence electrons. The predicted octanol–water partition coefficient (Wildman–Crippen LogP) is 18.6. The third-order valence-corrected chi connectivity index (χ3v) is 39.4. The van der Waals surface area contributed by atoms with Crippen LogP contribution in [0.3, 0.4) is 0 Å². The number of hydrogen-bond acceptors (Lipinski definition) is 13. The number of nitrogens with one attached hydrogen (secondary N) is 4. The second-order valence-electron chi connectivity index (χ2n) is 45.0. The molecule has 32 atom stereocenters. The third kappa shape index (κ3) is 16.3. The molecule has 0 amide bonds. The number of nitrogens with zero attached hydrogens (tertiary/aromatic N) is 4. The zero-order chi connectivity index (χ0) is 83.5. The van der Waals surface area contributed by atoms with Gasteiger partial charge in [0.25, 0.3) is 6.43 Å². The Morgan fingerprint density at radius 1 is 0.412 bits per heavy atom. The number of aliphatic hydroxyl groups is 4. The van der Waals surface area contributed by atoms with Crippen LogP contribution in [0.5, 0.6) is 0 Å². The van der Waals surface area contributed by atoms with Crippen LogP contribution in [0.2, 0.25) is 0 Å². The lowest BCUT2D eigenvalue weighted by Crippen LogP contribution is -2.53. The normalized spacial score (nSPS) is 45.8. The summed E-state index contributed by atoms with van der Waals surface area (Å²) in [7, 11) is 1.70. The molecule has 16 fully saturated rings. The summed E-state index contributed by atoms with van der Waals surface area (Å²) in [4.78, 5) is 82.2. The number of H-pyrrole nitrogens is 4. The van der Waals surface area contributed by atoms with Crippen molar-refractivity contribution < 1.29 is 57.5 Å². The molecular weight excluding hydrogens is 1500 g/mol. The van der Waals surface area contributed by atoms with Gasteiger partial charge in [0.1, 0.15) is 41.2 Å². The van der Waals surface area contributed by atoms with Gasteiger partial charge in [-0.1, -0.05) is 27.7 Å². The number of hydrogen-bond donors (Lipinski definition) is 8. The number of fused-ring (bicyclic) bond motifs is 20. The van der Waals surface area contributed by atoms with Gasteiger partial charge in [0.2, 0.25) is 0 Å². The molecule has 8 N–H and O–H groups in total. The number of ether oxygens (including phenoxy) is 1. The second kappa shape index (κ2) is 33.8. The van der Waals surface area contributed by atoms with E-state index in [9.17, 15) is 52.8 Å². The van der Waals surface area contributed by atoms with Gasteiger partial charge in [-0.15, -0.1) is 0 Å². The molecule has 0 aromatic carbocycles. The van der Waals surface area contributed by atoms with E-state index >= 15 is 0 Å². The van der Waals surface area contributed by atoms with Crippen LogP contribution in [-0.4, -0.2) is 133 Å². The summed E-state index contributed by atoms with van der Waals surface area (Å²) in [6.07, 6.45) is 47.1. The maximum Gasteiger partial charge on any atom is 0.266 e. The lowest BCUT2D eigenvalue weighted by Gasteiger charge is -2.57. The van der Waals surface area contributed by atoms with Crippen LogP contribution in [0.15, 0.2) is 37.6 Å². The van der Waals surface area contributed by atoms with Crippen LogP contribution in [0.25, 0.3) is 0 Å². The largest absolute Gasteiger partial charge is 0.390 e. The molecule has 119 heavy (non-hydrogen) atoms. The highest BCUT2D eigenvalue weighted by molar-refractivity contribution is 5.86. The SMILES string of the molecule is COC[C@@]1(O)CC[C@H]2[C@@H](CC[C@@H]3[C@@H]2CC[C@]2(C)[C@@H](C(=O)Cc4cnc[nH]4)CC[C@@H]32)C1.C[C@]12CC[C@H]3[C@@H](CC[C@H]4C[C@@](O)(C(F)F)CC[C@@H]43)[C@@H]1CC[C@@H]2C(=O)Cc1cnc[nH]1.C[C@]12CC[C@H]3[C@@H](CC[C@H]4C[C@@](O)(CF)CC[C@@H]43)[C@@H]1CC[C@@H]2C(=O)Cc1cnc[nH]1.Cc1nc(CC(=O)[C@H]2CC[C@H]3[C@@H]4CC[C@@H]5C[C@](C)(O)CC[C@@H]5[C@H]4CC[C@]23C)[nH]c1C. The molecule has 0 bridgehead atoms. The van der Waals surface area contributed by atoms with Crippen molar-refractivity contribution >= 4 is 23.1 Å². The Labute approximate surface area is 706 Å². The lowest BCUT2D eigenvalue weighted by molar-refractivity contribution is -0.160. The van der Waals surface area contributed by atoms with Gasteiger partial charge in [0.05, 0.1) is 54.5 Å². The smallest absolute Gasteiger partial charge is 0.266 e. The number of aromatic nitrogens is 8. The van der Waals surface area contributed by atoms with Crippen LogP contribution in [0.4, 0.5) is 13.2 Å². The first kappa shape index (κ1) is 86.2. The number of aromatic amines is 4. The molecule has 16 aliphatic carbocycles. The summed E-state index contributed by atoms with van der Waals surface area (Å²) in [5, 5.41) is 42.4. The van der Waals surface area contributed by atoms with E-state index in [1.54, 1.807) is 44.7 Å². The molecule has 4 heterocycles. The average molecular weight is 1650 g/mol. The molecule has 0 radical (unpaired) electrons. The van der Waals surface area contributed by atoms with Gasteiger partial charge in [-0.3, -0.25) is 19.2 Å². The number of carbonyl (C=O) groups is 4.